The number of carbonyl (C=O) groups excluding carboxylic acids is 15. The fourth-order valence-electron chi connectivity index (χ4n) is 4.10. The SMILES string of the molecule is C/C(C=O)=C(\C)OB1OC(=O)C(=O)O1.CC(=O)/C(C)=C(/C)OB1OC(=O)C(=O)O1.CC(=O)/C(C)=C\OB1OC(=O)C(=O)O1.CC(=O)/C=C(/C)OB1OC(=O)C(=O)O1.CC(C)(C)C(=O)/C=C(\OB1OC(=O)C(=O)O1)C(C)(C)C. The predicted molar refractivity (Wildman–Crippen MR) is 249 cm³/mol. The molecule has 77 heavy (non-hydrogen) atoms. The first-order chi connectivity index (χ1) is 35.4. The van der Waals surface area contributed by atoms with Crippen LogP contribution in [0, 0.1) is 10.8 Å². The van der Waals surface area contributed by atoms with Gasteiger partial charge in [0.15, 0.2) is 23.1 Å². The Hall–Kier alpha value is -8.93. The predicted octanol–water partition coefficient (Wildman–Crippen LogP) is 0.346. The average Bonchev–Trinajstić information content (AvgIpc) is 4.09. The molecule has 0 atom stereocenters. The van der Waals surface area contributed by atoms with Crippen LogP contribution in [0.4, 0.5) is 0 Å². The summed E-state index contributed by atoms with van der Waals surface area (Å²) in [7, 11) is -6.98. The van der Waals surface area contributed by atoms with E-state index in [2.05, 4.69) is 46.5 Å². The molecule has 0 saturated carbocycles. The monoisotopic (exact) mass is 1090 g/mol. The van der Waals surface area contributed by atoms with Crippen LogP contribution in [0.1, 0.15) is 104 Å². The third kappa shape index (κ3) is 23.4. The minimum atomic E-state index is -1.44. The molecular weight excluding hydrogens is 1040 g/mol. The van der Waals surface area contributed by atoms with Gasteiger partial charge in [-0.25, -0.2) is 47.9 Å². The molecule has 0 radical (unpaired) electrons. The molecule has 0 N–H and O–H groups in total. The maximum atomic E-state index is 12.1. The molecule has 0 aromatic carbocycles. The number of allylic oxidation sites excluding steroid dienone is 9. The number of aldehydes is 1. The summed E-state index contributed by atoms with van der Waals surface area (Å²) in [5.41, 5.74) is -0.0624. The van der Waals surface area contributed by atoms with Crippen molar-refractivity contribution >= 4 is 126 Å². The first-order valence-electron chi connectivity index (χ1n) is 21.7. The summed E-state index contributed by atoms with van der Waals surface area (Å²) >= 11 is 0. The van der Waals surface area contributed by atoms with E-state index in [0.717, 1.165) is 6.26 Å². The molecule has 0 aromatic heterocycles. The normalized spacial score (nSPS) is 16.8. The van der Waals surface area contributed by atoms with Gasteiger partial charge in [-0.1, -0.05) is 41.5 Å². The summed E-state index contributed by atoms with van der Waals surface area (Å²) in [6, 6.07) is 0. The van der Waals surface area contributed by atoms with Gasteiger partial charge in [-0.2, -0.15) is 0 Å². The van der Waals surface area contributed by atoms with Crippen molar-refractivity contribution in [1.29, 1.82) is 0 Å². The second kappa shape index (κ2) is 29.2. The lowest BCUT2D eigenvalue weighted by Gasteiger charge is -2.24. The number of rotatable bonds is 15. The molecule has 5 fully saturated rings. The average molecular weight is 1090 g/mol. The smallest absolute Gasteiger partial charge is 0.496 e. The first kappa shape index (κ1) is 66.1. The van der Waals surface area contributed by atoms with E-state index in [1.807, 2.05) is 20.8 Å². The summed E-state index contributed by atoms with van der Waals surface area (Å²) in [5, 5.41) is 0. The van der Waals surface area contributed by atoms with E-state index < -0.39 is 107 Å². The highest BCUT2D eigenvalue weighted by molar-refractivity contribution is 6.58. The van der Waals surface area contributed by atoms with Gasteiger partial charge in [-0.15, -0.1) is 0 Å². The molecule has 5 rings (SSSR count). The molecule has 30 nitrogen and oxygen atoms in total. The van der Waals surface area contributed by atoms with Crippen molar-refractivity contribution in [2.45, 2.75) is 104 Å². The second-order valence-corrected chi connectivity index (χ2v) is 17.3. The minimum Gasteiger partial charge on any atom is -0.496 e. The molecule has 5 aliphatic rings. The zero-order valence-corrected chi connectivity index (χ0v) is 43.9. The van der Waals surface area contributed by atoms with Crippen molar-refractivity contribution in [2.75, 3.05) is 0 Å². The zero-order valence-electron chi connectivity index (χ0n) is 43.9. The maximum absolute atomic E-state index is 12.1. The summed E-state index contributed by atoms with van der Waals surface area (Å²) in [5.74, 6) is -10.8. The standard InChI is InChI=1S/C13H19BO6.C8H9BO6.3C7H7BO6/c1-12(2,3)8(15)7-9(13(4,5)6)18-14-19-10(16)11(17)20-14;1-4(5(2)10)6(3)13-9-14-7(11)8(12)15-9;1-4(5(2)9)3-12-8-13-6(10)7(11)14-8;1-4(3-9)5(2)12-8-13-6(10)7(11)14-8;1-4(9)3-5(2)12-8-13-6(10)7(11)14-8/h7H,1-6H3;1-3H3;3*3H,1-2H3/b9-7-;6-4-;4-3-;5-4-;5-3-. The van der Waals surface area contributed by atoms with Crippen molar-refractivity contribution in [1.82, 2.24) is 0 Å². The molecule has 0 amide bonds. The van der Waals surface area contributed by atoms with E-state index in [1.54, 1.807) is 27.7 Å². The highest BCUT2D eigenvalue weighted by Crippen LogP contribution is 2.30. The van der Waals surface area contributed by atoms with Gasteiger partial charge in [0.05, 0.1) is 29.3 Å². The summed E-state index contributed by atoms with van der Waals surface area (Å²) in [4.78, 5) is 161. The fourth-order valence-corrected chi connectivity index (χ4v) is 4.10. The molecule has 5 heterocycles. The summed E-state index contributed by atoms with van der Waals surface area (Å²) in [6.07, 6.45) is 4.17. The van der Waals surface area contributed by atoms with E-state index >= 15 is 0 Å². The quantitative estimate of drug-likeness (QED) is 0.0701. The van der Waals surface area contributed by atoms with Gasteiger partial charge in [0.2, 0.25) is 0 Å². The van der Waals surface area contributed by atoms with E-state index in [9.17, 15) is 71.9 Å². The van der Waals surface area contributed by atoms with Crippen molar-refractivity contribution < 1.29 is 142 Å². The molecule has 0 bridgehead atoms. The Balaban J connectivity index is 0.000000485. The lowest BCUT2D eigenvalue weighted by atomic mass is 9.86. The molecular formula is C42H49B5O30. The van der Waals surface area contributed by atoms with E-state index in [0.29, 0.717) is 23.0 Å². The Morgan fingerprint density at radius 1 is 0.416 bits per heavy atom. The van der Waals surface area contributed by atoms with E-state index in [1.165, 1.54) is 67.5 Å². The van der Waals surface area contributed by atoms with Crippen LogP contribution in [0.3, 0.4) is 0 Å². The zero-order chi connectivity index (χ0) is 59.4. The van der Waals surface area contributed by atoms with E-state index in [-0.39, 0.29) is 46.2 Å². The first-order valence-corrected chi connectivity index (χ1v) is 21.7. The van der Waals surface area contributed by atoms with Gasteiger partial charge in [0.25, 0.3) is 0 Å². The van der Waals surface area contributed by atoms with Gasteiger partial charge in [0, 0.05) is 39.7 Å². The largest absolute Gasteiger partial charge is 0.868 e. The lowest BCUT2D eigenvalue weighted by Crippen LogP contribution is -2.27. The van der Waals surface area contributed by atoms with Crippen LogP contribution in [-0.4, -0.2) is 126 Å². The van der Waals surface area contributed by atoms with Gasteiger partial charge in [-0.3, -0.25) is 24.0 Å². The van der Waals surface area contributed by atoms with Gasteiger partial charge in [-0.05, 0) is 62.3 Å². The van der Waals surface area contributed by atoms with Crippen LogP contribution >= 0.6 is 0 Å². The number of ketones is 4. The fraction of sp³-hybridized carbons (Fsp3) is 0.405. The van der Waals surface area contributed by atoms with E-state index in [4.69, 9.17) is 23.3 Å². The topological polar surface area (TPSA) is 394 Å². The van der Waals surface area contributed by atoms with Gasteiger partial charge < -0.3 is 69.8 Å². The number of Topliss-reactive ketones (excluding diaryl/α,β-unsaturated/α-hetero) is 2. The Morgan fingerprint density at radius 2 is 0.740 bits per heavy atom. The van der Waals surface area contributed by atoms with Crippen molar-refractivity contribution in [2.24, 2.45) is 10.8 Å². The van der Waals surface area contributed by atoms with Gasteiger partial charge >= 0.3 is 96.3 Å². The molecule has 5 aliphatic heterocycles. The molecule has 0 spiro atoms. The molecule has 0 aromatic rings. The number of carbonyl (C=O) groups is 15. The summed E-state index contributed by atoms with van der Waals surface area (Å²) < 4.78 is 68.6. The Kier molecular flexibility index (Phi) is 25.1. The summed E-state index contributed by atoms with van der Waals surface area (Å²) in [6.45, 7) is 23.9. The Labute approximate surface area is 439 Å². The van der Waals surface area contributed by atoms with Crippen molar-refractivity contribution in [3.05, 3.63) is 58.2 Å². The second-order valence-electron chi connectivity index (χ2n) is 17.3. The van der Waals surface area contributed by atoms with Crippen LogP contribution in [0.5, 0.6) is 0 Å². The van der Waals surface area contributed by atoms with Crippen molar-refractivity contribution in [3.8, 4) is 0 Å². The Morgan fingerprint density at radius 3 is 1.04 bits per heavy atom. The third-order valence-corrected chi connectivity index (χ3v) is 8.76. The van der Waals surface area contributed by atoms with Crippen LogP contribution in [0.15, 0.2) is 58.2 Å². The highest BCUT2D eigenvalue weighted by atomic mass is 16.8. The molecule has 5 saturated heterocycles. The highest BCUT2D eigenvalue weighted by Gasteiger charge is 2.49. The minimum absolute atomic E-state index is 0.141. The van der Waals surface area contributed by atoms with Gasteiger partial charge in [0.1, 0.15) is 6.29 Å². The molecule has 35 heteroatoms. The molecule has 0 aliphatic carbocycles. The van der Waals surface area contributed by atoms with Crippen LogP contribution in [-0.2, 0) is 142 Å². The van der Waals surface area contributed by atoms with Crippen LogP contribution < -0.4 is 0 Å². The Bertz CT molecular complexity index is 2510. The molecule has 0 unspecified atom stereocenters. The lowest BCUT2D eigenvalue weighted by molar-refractivity contribution is -0.150. The number of hydrogen-bond acceptors (Lipinski definition) is 30. The molecule has 412 valence electrons. The van der Waals surface area contributed by atoms with Crippen molar-refractivity contribution in [3.63, 3.8) is 0 Å². The third-order valence-electron chi connectivity index (χ3n) is 8.76. The van der Waals surface area contributed by atoms with Crippen LogP contribution in [0.25, 0.3) is 0 Å². The van der Waals surface area contributed by atoms with Crippen LogP contribution in [0.2, 0.25) is 0 Å². The maximum Gasteiger partial charge on any atom is 0.868 e. The number of hydrogen-bond donors (Lipinski definition) is 0.